The zero-order chi connectivity index (χ0) is 18.7. The maximum Gasteiger partial charge on any atom is 0.227 e. The van der Waals surface area contributed by atoms with E-state index in [1.54, 1.807) is 0 Å². The molecule has 27 heavy (non-hydrogen) atoms. The second-order valence-corrected chi connectivity index (χ2v) is 8.87. The first-order chi connectivity index (χ1) is 13.2. The van der Waals surface area contributed by atoms with Crippen LogP contribution in [-0.4, -0.2) is 0 Å². The summed E-state index contributed by atoms with van der Waals surface area (Å²) in [6.07, 6.45) is 0. The standard InChI is InChI=1S/C24H20NOP/c1-19(23-18-10-12-20-11-8-9-17-24(20)23)25-27(26,21-13-4-2-5-14-21)22-15-6-3-7-16-22/h2-18H,1H2,(H,25,26). The zero-order valence-corrected chi connectivity index (χ0v) is 15.8. The molecule has 3 heteroatoms. The number of nitrogens with one attached hydrogen (secondary N) is 1. The molecule has 0 fully saturated rings. The summed E-state index contributed by atoms with van der Waals surface area (Å²) < 4.78 is 14.2. The topological polar surface area (TPSA) is 29.1 Å². The highest BCUT2D eigenvalue weighted by Gasteiger charge is 2.28. The SMILES string of the molecule is C=C(NP(=O)(c1ccccc1)c1ccccc1)c1cccc2ccccc12. The van der Waals surface area contributed by atoms with Crippen LogP contribution in [0.5, 0.6) is 0 Å². The summed E-state index contributed by atoms with van der Waals surface area (Å²) in [6, 6.07) is 33.3. The molecule has 132 valence electrons. The van der Waals surface area contributed by atoms with E-state index in [9.17, 15) is 4.57 Å². The van der Waals surface area contributed by atoms with Gasteiger partial charge in [0.2, 0.25) is 7.29 Å². The molecule has 0 heterocycles. The maximum atomic E-state index is 14.2. The maximum absolute atomic E-state index is 14.2. The Hall–Kier alpha value is -3.09. The normalized spacial score (nSPS) is 11.3. The van der Waals surface area contributed by atoms with Crippen LogP contribution >= 0.6 is 7.29 Å². The molecule has 0 aliphatic rings. The Kier molecular flexibility index (Phi) is 4.66. The van der Waals surface area contributed by atoms with Gasteiger partial charge in [-0.2, -0.15) is 0 Å². The summed E-state index contributed by atoms with van der Waals surface area (Å²) in [5.41, 5.74) is 1.61. The highest BCUT2D eigenvalue weighted by Crippen LogP contribution is 2.41. The molecule has 0 unspecified atom stereocenters. The zero-order valence-electron chi connectivity index (χ0n) is 14.9. The van der Waals surface area contributed by atoms with E-state index < -0.39 is 7.29 Å². The van der Waals surface area contributed by atoms with Crippen molar-refractivity contribution in [1.29, 1.82) is 0 Å². The fourth-order valence-corrected chi connectivity index (χ4v) is 5.53. The second-order valence-electron chi connectivity index (χ2n) is 6.40. The lowest BCUT2D eigenvalue weighted by Gasteiger charge is -2.23. The van der Waals surface area contributed by atoms with Crippen molar-refractivity contribution in [2.75, 3.05) is 0 Å². The average molecular weight is 369 g/mol. The second kappa shape index (κ2) is 7.26. The van der Waals surface area contributed by atoms with Gasteiger partial charge in [0.25, 0.3) is 0 Å². The lowest BCUT2D eigenvalue weighted by Crippen LogP contribution is -2.26. The van der Waals surface area contributed by atoms with Gasteiger partial charge < -0.3 is 5.09 Å². The first-order valence-electron chi connectivity index (χ1n) is 8.85. The lowest BCUT2D eigenvalue weighted by atomic mass is 10.0. The predicted octanol–water partition coefficient (Wildman–Crippen LogP) is 5.33. The molecule has 0 aromatic heterocycles. The Morgan fingerprint density at radius 1 is 0.667 bits per heavy atom. The molecule has 0 bridgehead atoms. The summed E-state index contributed by atoms with van der Waals surface area (Å²) in [4.78, 5) is 0. The van der Waals surface area contributed by atoms with Gasteiger partial charge in [-0.3, -0.25) is 4.57 Å². The summed E-state index contributed by atoms with van der Waals surface area (Å²) >= 11 is 0. The molecule has 0 aliphatic heterocycles. The fourth-order valence-electron chi connectivity index (χ4n) is 3.29. The van der Waals surface area contributed by atoms with Gasteiger partial charge in [0.1, 0.15) is 0 Å². The van der Waals surface area contributed by atoms with Crippen molar-refractivity contribution < 1.29 is 4.57 Å². The fraction of sp³-hybridized carbons (Fsp3) is 0. The van der Waals surface area contributed by atoms with Gasteiger partial charge in [-0.25, -0.2) is 0 Å². The van der Waals surface area contributed by atoms with Crippen LogP contribution in [0.2, 0.25) is 0 Å². The Morgan fingerprint density at radius 3 is 1.81 bits per heavy atom. The molecule has 0 aliphatic carbocycles. The third-order valence-electron chi connectivity index (χ3n) is 4.65. The molecule has 4 aromatic rings. The van der Waals surface area contributed by atoms with Crippen molar-refractivity contribution in [2.45, 2.75) is 0 Å². The molecule has 0 atom stereocenters. The molecule has 0 saturated carbocycles. The van der Waals surface area contributed by atoms with Crippen LogP contribution in [0.1, 0.15) is 5.56 Å². The summed E-state index contributed by atoms with van der Waals surface area (Å²) in [6.45, 7) is 4.23. The summed E-state index contributed by atoms with van der Waals surface area (Å²) in [5, 5.41) is 7.04. The number of hydrogen-bond acceptors (Lipinski definition) is 1. The minimum Gasteiger partial charge on any atom is -0.329 e. The molecule has 1 N–H and O–H groups in total. The Bertz CT molecular complexity index is 1090. The van der Waals surface area contributed by atoms with E-state index in [1.165, 1.54) is 0 Å². The largest absolute Gasteiger partial charge is 0.329 e. The predicted molar refractivity (Wildman–Crippen MR) is 116 cm³/mol. The van der Waals surface area contributed by atoms with Gasteiger partial charge in [-0.1, -0.05) is 85.4 Å². The molecule has 4 rings (SSSR count). The molecular formula is C24H20NOP. The summed E-state index contributed by atoms with van der Waals surface area (Å²) in [5.74, 6) is 0. The molecule has 0 spiro atoms. The molecule has 0 amide bonds. The van der Waals surface area contributed by atoms with Crippen LogP contribution in [0.3, 0.4) is 0 Å². The van der Waals surface area contributed by atoms with Crippen LogP contribution in [0.25, 0.3) is 16.5 Å². The van der Waals surface area contributed by atoms with Crippen molar-refractivity contribution in [3.8, 4) is 0 Å². The quantitative estimate of drug-likeness (QED) is 0.482. The van der Waals surface area contributed by atoms with Gasteiger partial charge in [-0.15, -0.1) is 0 Å². The number of fused-ring (bicyclic) bond motifs is 1. The van der Waals surface area contributed by atoms with Crippen molar-refractivity contribution in [3.63, 3.8) is 0 Å². The Labute approximate surface area is 159 Å². The Morgan fingerprint density at radius 2 is 1.19 bits per heavy atom. The van der Waals surface area contributed by atoms with Gasteiger partial charge in [0, 0.05) is 21.9 Å². The van der Waals surface area contributed by atoms with E-state index >= 15 is 0 Å². The smallest absolute Gasteiger partial charge is 0.227 e. The minimum absolute atomic E-state index is 0.655. The van der Waals surface area contributed by atoms with Crippen LogP contribution < -0.4 is 15.7 Å². The van der Waals surface area contributed by atoms with Crippen molar-refractivity contribution in [2.24, 2.45) is 0 Å². The molecule has 0 saturated heterocycles. The van der Waals surface area contributed by atoms with Gasteiger partial charge in [0.05, 0.1) is 0 Å². The first-order valence-corrected chi connectivity index (χ1v) is 10.6. The third kappa shape index (κ3) is 3.32. The highest BCUT2D eigenvalue weighted by atomic mass is 31.2. The van der Waals surface area contributed by atoms with Crippen LogP contribution in [0.15, 0.2) is 110 Å². The highest BCUT2D eigenvalue weighted by molar-refractivity contribution is 7.77. The monoisotopic (exact) mass is 369 g/mol. The van der Waals surface area contributed by atoms with E-state index in [-0.39, 0.29) is 0 Å². The average Bonchev–Trinajstić information content (AvgIpc) is 2.74. The first kappa shape index (κ1) is 17.3. The molecule has 4 aromatic carbocycles. The van der Waals surface area contributed by atoms with Crippen molar-refractivity contribution in [1.82, 2.24) is 5.09 Å². The van der Waals surface area contributed by atoms with E-state index in [1.807, 2.05) is 84.9 Å². The number of hydrogen-bond donors (Lipinski definition) is 1. The number of benzene rings is 4. The lowest BCUT2D eigenvalue weighted by molar-refractivity contribution is 0.584. The Balaban J connectivity index is 1.81. The van der Waals surface area contributed by atoms with E-state index in [2.05, 4.69) is 29.9 Å². The van der Waals surface area contributed by atoms with E-state index in [0.717, 1.165) is 26.9 Å². The van der Waals surface area contributed by atoms with Crippen molar-refractivity contribution in [3.05, 3.63) is 115 Å². The van der Waals surface area contributed by atoms with Crippen molar-refractivity contribution >= 4 is 34.4 Å². The summed E-state index contributed by atoms with van der Waals surface area (Å²) in [7, 11) is -3.07. The van der Waals surface area contributed by atoms with Crippen LogP contribution in [0, 0.1) is 0 Å². The van der Waals surface area contributed by atoms with Gasteiger partial charge in [-0.05, 0) is 35.0 Å². The van der Waals surface area contributed by atoms with Gasteiger partial charge in [0.15, 0.2) is 0 Å². The van der Waals surface area contributed by atoms with Crippen LogP contribution in [-0.2, 0) is 4.57 Å². The third-order valence-corrected chi connectivity index (χ3v) is 7.28. The molecule has 2 nitrogen and oxygen atoms in total. The van der Waals surface area contributed by atoms with Crippen LogP contribution in [0.4, 0.5) is 0 Å². The minimum atomic E-state index is -3.07. The number of rotatable bonds is 5. The molecular weight excluding hydrogens is 349 g/mol. The van der Waals surface area contributed by atoms with E-state index in [4.69, 9.17) is 0 Å². The van der Waals surface area contributed by atoms with Gasteiger partial charge >= 0.3 is 0 Å². The molecule has 0 radical (unpaired) electrons. The van der Waals surface area contributed by atoms with E-state index in [0.29, 0.717) is 5.70 Å².